The molecule has 1 aromatic carbocycles. The zero-order chi connectivity index (χ0) is 18.2. The van der Waals surface area contributed by atoms with Crippen LogP contribution < -0.4 is 10.4 Å². The minimum Gasteiger partial charge on any atom is -0.295 e. The summed E-state index contributed by atoms with van der Waals surface area (Å²) in [5.41, 5.74) is 1.23. The van der Waals surface area contributed by atoms with Gasteiger partial charge in [0.05, 0.1) is 15.9 Å². The quantitative estimate of drug-likeness (QED) is 0.892. The Balaban J connectivity index is 1.45. The van der Waals surface area contributed by atoms with E-state index in [1.165, 1.54) is 34.8 Å². The molecule has 7 heteroatoms. The van der Waals surface area contributed by atoms with Gasteiger partial charge in [0, 0.05) is 20.1 Å². The van der Waals surface area contributed by atoms with Crippen molar-refractivity contribution in [2.45, 2.75) is 43.0 Å². The van der Waals surface area contributed by atoms with Gasteiger partial charge in [-0.25, -0.2) is 17.9 Å². The third kappa shape index (κ3) is 2.19. The Morgan fingerprint density at radius 1 is 1.00 bits per heavy atom. The zero-order valence-electron chi connectivity index (χ0n) is 15.2. The van der Waals surface area contributed by atoms with Crippen LogP contribution in [0.1, 0.15) is 32.1 Å². The number of aryl methyl sites for hydroxylation is 2. The highest BCUT2D eigenvalue weighted by atomic mass is 32.2. The molecule has 140 valence electrons. The molecule has 3 fully saturated rings. The first-order valence-electron chi connectivity index (χ1n) is 9.54. The second-order valence-corrected chi connectivity index (χ2v) is 10.1. The van der Waals surface area contributed by atoms with Gasteiger partial charge in [-0.15, -0.1) is 0 Å². The van der Waals surface area contributed by atoms with E-state index >= 15 is 0 Å². The molecule has 0 radical (unpaired) electrons. The molecule has 6 nitrogen and oxygen atoms in total. The van der Waals surface area contributed by atoms with E-state index in [1.807, 2.05) is 0 Å². The summed E-state index contributed by atoms with van der Waals surface area (Å²) in [5, 5.41) is 0. The Morgan fingerprint density at radius 3 is 2.54 bits per heavy atom. The Morgan fingerprint density at radius 2 is 1.73 bits per heavy atom. The number of aromatic nitrogens is 2. The van der Waals surface area contributed by atoms with Crippen LogP contribution >= 0.6 is 0 Å². The van der Waals surface area contributed by atoms with Gasteiger partial charge >= 0.3 is 5.69 Å². The number of benzene rings is 1. The third-order valence-corrected chi connectivity index (χ3v) is 8.78. The predicted molar refractivity (Wildman–Crippen MR) is 99.3 cm³/mol. The van der Waals surface area contributed by atoms with Crippen molar-refractivity contribution < 1.29 is 8.42 Å². The molecule has 3 aliphatic rings. The highest BCUT2D eigenvalue weighted by Gasteiger charge is 2.54. The van der Waals surface area contributed by atoms with Crippen molar-refractivity contribution >= 4 is 21.1 Å². The lowest BCUT2D eigenvalue weighted by Gasteiger charge is -2.31. The first kappa shape index (κ1) is 16.6. The molecule has 5 rings (SSSR count). The van der Waals surface area contributed by atoms with Crippen LogP contribution in [-0.4, -0.2) is 23.6 Å². The van der Waals surface area contributed by atoms with Gasteiger partial charge in [-0.3, -0.25) is 9.13 Å². The maximum atomic E-state index is 13.0. The molecule has 3 aliphatic carbocycles. The minimum absolute atomic E-state index is 0.0691. The summed E-state index contributed by atoms with van der Waals surface area (Å²) < 4.78 is 32.0. The van der Waals surface area contributed by atoms with Crippen LogP contribution in [0.5, 0.6) is 0 Å². The molecule has 0 amide bonds. The zero-order valence-corrected chi connectivity index (χ0v) is 16.0. The maximum Gasteiger partial charge on any atom is 0.328 e. The van der Waals surface area contributed by atoms with Gasteiger partial charge < -0.3 is 0 Å². The second-order valence-electron chi connectivity index (χ2n) is 8.43. The van der Waals surface area contributed by atoms with Gasteiger partial charge in [0.1, 0.15) is 0 Å². The number of nitrogens with zero attached hydrogens (tertiary/aromatic N) is 2. The summed E-state index contributed by atoms with van der Waals surface area (Å²) in [4.78, 5) is 12.3. The van der Waals surface area contributed by atoms with E-state index in [4.69, 9.17) is 0 Å². The lowest BCUT2D eigenvalue weighted by Crippen LogP contribution is -2.42. The van der Waals surface area contributed by atoms with Crippen LogP contribution in [0.25, 0.3) is 11.0 Å². The first-order chi connectivity index (χ1) is 12.4. The predicted octanol–water partition coefficient (Wildman–Crippen LogP) is 1.98. The van der Waals surface area contributed by atoms with Crippen molar-refractivity contribution in [2.75, 3.05) is 0 Å². The molecule has 3 saturated carbocycles. The Labute approximate surface area is 153 Å². The normalized spacial score (nSPS) is 33.2. The highest BCUT2D eigenvalue weighted by molar-refractivity contribution is 7.89. The van der Waals surface area contributed by atoms with Crippen molar-refractivity contribution in [3.05, 3.63) is 28.7 Å². The molecule has 26 heavy (non-hydrogen) atoms. The summed E-state index contributed by atoms with van der Waals surface area (Å²) >= 11 is 0. The number of sulfonamides is 1. The number of imidazole rings is 1. The van der Waals surface area contributed by atoms with Crippen LogP contribution in [0.4, 0.5) is 0 Å². The standard InChI is InChI=1S/C19H25N3O3S/c1-21-17-7-6-12(10-18(17)22(2)19(21)23)26(24,25)20-16-9-11-8-15(16)14-5-3-4-13(11)14/h6-7,10-11,13-16,20H,3-5,8-9H2,1-2H3. The van der Waals surface area contributed by atoms with Gasteiger partial charge in [-0.05, 0) is 67.6 Å². The van der Waals surface area contributed by atoms with E-state index in [1.54, 1.807) is 32.3 Å². The van der Waals surface area contributed by atoms with Crippen molar-refractivity contribution in [1.29, 1.82) is 0 Å². The van der Waals surface area contributed by atoms with Crippen LogP contribution in [0.2, 0.25) is 0 Å². The molecule has 1 heterocycles. The summed E-state index contributed by atoms with van der Waals surface area (Å²) in [5.74, 6) is 2.78. The van der Waals surface area contributed by atoms with E-state index in [0.717, 1.165) is 23.8 Å². The molecule has 5 atom stereocenters. The number of hydrogen-bond acceptors (Lipinski definition) is 3. The van der Waals surface area contributed by atoms with E-state index in [2.05, 4.69) is 4.72 Å². The Kier molecular flexibility index (Phi) is 3.47. The molecule has 2 bridgehead atoms. The van der Waals surface area contributed by atoms with Gasteiger partial charge in [0.2, 0.25) is 10.0 Å². The number of fused-ring (bicyclic) bond motifs is 6. The Bertz CT molecular complexity index is 1050. The summed E-state index contributed by atoms with van der Waals surface area (Å²) in [6.45, 7) is 0. The summed E-state index contributed by atoms with van der Waals surface area (Å²) in [6, 6.07) is 5.01. The van der Waals surface area contributed by atoms with Gasteiger partial charge in [0.15, 0.2) is 0 Å². The second kappa shape index (κ2) is 5.45. The molecule has 2 aromatic rings. The van der Waals surface area contributed by atoms with Crippen molar-refractivity contribution in [3.63, 3.8) is 0 Å². The monoisotopic (exact) mass is 375 g/mol. The summed E-state index contributed by atoms with van der Waals surface area (Å²) in [7, 11) is -0.211. The number of rotatable bonds is 3. The van der Waals surface area contributed by atoms with Gasteiger partial charge in [-0.1, -0.05) is 6.42 Å². The van der Waals surface area contributed by atoms with E-state index < -0.39 is 10.0 Å². The van der Waals surface area contributed by atoms with Gasteiger partial charge in [-0.2, -0.15) is 0 Å². The van der Waals surface area contributed by atoms with Crippen LogP contribution in [0.3, 0.4) is 0 Å². The topological polar surface area (TPSA) is 73.1 Å². The molecule has 1 N–H and O–H groups in total. The highest BCUT2D eigenvalue weighted by Crippen LogP contribution is 2.58. The SMILES string of the molecule is Cn1c(=O)n(C)c2cc(S(=O)(=O)NC3CC4CC3C3CCCC43)ccc21. The van der Waals surface area contributed by atoms with Crippen molar-refractivity contribution in [1.82, 2.24) is 13.9 Å². The molecule has 0 spiro atoms. The fraction of sp³-hybridized carbons (Fsp3) is 0.632. The number of nitrogens with one attached hydrogen (secondary N) is 1. The smallest absolute Gasteiger partial charge is 0.295 e. The van der Waals surface area contributed by atoms with E-state index in [9.17, 15) is 13.2 Å². The lowest BCUT2D eigenvalue weighted by atomic mass is 9.79. The lowest BCUT2D eigenvalue weighted by molar-refractivity contribution is 0.224. The molecule has 1 aromatic heterocycles. The first-order valence-corrected chi connectivity index (χ1v) is 11.0. The average molecular weight is 375 g/mol. The number of hydrogen-bond donors (Lipinski definition) is 1. The molecule has 0 aliphatic heterocycles. The van der Waals surface area contributed by atoms with Gasteiger partial charge in [0.25, 0.3) is 0 Å². The van der Waals surface area contributed by atoms with E-state index in [0.29, 0.717) is 17.4 Å². The van der Waals surface area contributed by atoms with Crippen LogP contribution in [0, 0.1) is 23.7 Å². The summed E-state index contributed by atoms with van der Waals surface area (Å²) in [6.07, 6.45) is 6.08. The van der Waals surface area contributed by atoms with Crippen LogP contribution in [-0.2, 0) is 24.1 Å². The molecular formula is C19H25N3O3S. The van der Waals surface area contributed by atoms with Crippen molar-refractivity contribution in [2.24, 2.45) is 37.8 Å². The third-order valence-electron chi connectivity index (χ3n) is 7.29. The van der Waals surface area contributed by atoms with E-state index in [-0.39, 0.29) is 16.6 Å². The fourth-order valence-corrected chi connectivity index (χ4v) is 7.44. The molecule has 5 unspecified atom stereocenters. The van der Waals surface area contributed by atoms with Crippen LogP contribution in [0.15, 0.2) is 27.9 Å². The average Bonchev–Trinajstić information content (AvgIpc) is 3.34. The van der Waals surface area contributed by atoms with Crippen molar-refractivity contribution in [3.8, 4) is 0 Å². The minimum atomic E-state index is -3.58. The molecule has 0 saturated heterocycles. The largest absolute Gasteiger partial charge is 0.328 e. The maximum absolute atomic E-state index is 13.0. The fourth-order valence-electron chi connectivity index (χ4n) is 6.12. The Hall–Kier alpha value is -1.60. The molecular weight excluding hydrogens is 350 g/mol.